The van der Waals surface area contributed by atoms with Gasteiger partial charge in [-0.15, -0.1) is 11.3 Å². The van der Waals surface area contributed by atoms with Crippen LogP contribution in [0.5, 0.6) is 0 Å². The molecule has 7 heteroatoms. The zero-order valence-corrected chi connectivity index (χ0v) is 21.5. The monoisotopic (exact) mass is 477 g/mol. The van der Waals surface area contributed by atoms with Crippen molar-refractivity contribution in [1.82, 2.24) is 4.98 Å². The average Bonchev–Trinajstić information content (AvgIpc) is 3.16. The summed E-state index contributed by atoms with van der Waals surface area (Å²) in [4.78, 5) is 30.3. The van der Waals surface area contributed by atoms with Crippen LogP contribution >= 0.6 is 11.3 Å². The molecule has 1 aromatic heterocycles. The zero-order chi connectivity index (χ0) is 24.8. The molecule has 1 aliphatic rings. The van der Waals surface area contributed by atoms with Crippen LogP contribution in [0.2, 0.25) is 0 Å². The quantitative estimate of drug-likeness (QED) is 0.466. The summed E-state index contributed by atoms with van der Waals surface area (Å²) in [5.41, 5.74) is 0.513. The van der Waals surface area contributed by atoms with Gasteiger partial charge in [0.25, 0.3) is 0 Å². The molecule has 0 amide bonds. The van der Waals surface area contributed by atoms with Gasteiger partial charge in [0.05, 0.1) is 34.7 Å². The minimum Gasteiger partial charge on any atom is -0.457 e. The van der Waals surface area contributed by atoms with Crippen LogP contribution in [0.25, 0.3) is 6.08 Å². The molecule has 2 heterocycles. The normalized spacial score (nSPS) is 31.8. The first-order valence-electron chi connectivity index (χ1n) is 11.8. The van der Waals surface area contributed by atoms with Crippen LogP contribution in [0.4, 0.5) is 0 Å². The van der Waals surface area contributed by atoms with Crippen molar-refractivity contribution < 1.29 is 24.5 Å². The molecule has 1 aliphatic heterocycles. The molecule has 0 fully saturated rings. The molecule has 33 heavy (non-hydrogen) atoms. The number of cyclic esters (lactones) is 1. The highest BCUT2D eigenvalue weighted by molar-refractivity contribution is 7.09. The van der Waals surface area contributed by atoms with Crippen LogP contribution in [0.3, 0.4) is 0 Å². The lowest BCUT2D eigenvalue weighted by Gasteiger charge is -2.34. The molecule has 1 aromatic rings. The Balaban J connectivity index is 2.27. The van der Waals surface area contributed by atoms with Gasteiger partial charge in [-0.25, -0.2) is 4.98 Å². The van der Waals surface area contributed by atoms with Gasteiger partial charge in [-0.1, -0.05) is 39.8 Å². The van der Waals surface area contributed by atoms with Crippen LogP contribution in [-0.2, 0) is 14.3 Å². The molecule has 5 atom stereocenters. The average molecular weight is 478 g/mol. The standard InChI is InChI=1S/C26H39NO5S/c1-16-11-9-7-8-10-12-21(17(2)13-20-15-33-19(4)27-20)32-23(29)14-22(28)26(5,6)25(31)18(3)24(16)30/h8,10,13,15-16,18,21-22,24,28,30H,7,9,11-12,14H2,1-6H3/b10-8-,17-13+/t16-,18+,21?,22+,24-/m0/s1. The first-order valence-corrected chi connectivity index (χ1v) is 12.7. The number of ketones is 1. The Labute approximate surface area is 201 Å². The number of esters is 1. The van der Waals surface area contributed by atoms with Crippen molar-refractivity contribution in [3.63, 3.8) is 0 Å². The Bertz CT molecular complexity index is 872. The van der Waals surface area contributed by atoms with Crippen LogP contribution in [-0.4, -0.2) is 45.3 Å². The number of carbonyl (C=O) groups excluding carboxylic acids is 2. The zero-order valence-electron chi connectivity index (χ0n) is 20.7. The molecule has 6 nitrogen and oxygen atoms in total. The molecule has 184 valence electrons. The van der Waals surface area contributed by atoms with E-state index in [9.17, 15) is 19.8 Å². The van der Waals surface area contributed by atoms with Gasteiger partial charge in [0.2, 0.25) is 0 Å². The van der Waals surface area contributed by atoms with Gasteiger partial charge in [-0.3, -0.25) is 9.59 Å². The van der Waals surface area contributed by atoms with E-state index in [1.165, 1.54) is 0 Å². The second-order valence-electron chi connectivity index (χ2n) is 9.86. The van der Waals surface area contributed by atoms with Crippen LogP contribution in [0.15, 0.2) is 23.1 Å². The maximum atomic E-state index is 13.1. The number of rotatable bonds is 2. The highest BCUT2D eigenvalue weighted by Gasteiger charge is 2.42. The smallest absolute Gasteiger partial charge is 0.309 e. The molecule has 2 N–H and O–H groups in total. The Hall–Kier alpha value is -1.83. The maximum absolute atomic E-state index is 13.1. The number of ether oxygens (including phenoxy) is 1. The molecule has 0 saturated carbocycles. The number of aliphatic hydroxyl groups is 2. The van der Waals surface area contributed by atoms with Crippen molar-refractivity contribution in [2.24, 2.45) is 17.3 Å². The van der Waals surface area contributed by atoms with Gasteiger partial charge in [0.1, 0.15) is 11.9 Å². The molecule has 2 rings (SSSR count). The summed E-state index contributed by atoms with van der Waals surface area (Å²) >= 11 is 1.56. The molecule has 0 aliphatic carbocycles. The van der Waals surface area contributed by atoms with Crippen molar-refractivity contribution in [2.75, 3.05) is 0 Å². The lowest BCUT2D eigenvalue weighted by Crippen LogP contribution is -2.45. The number of hydrogen-bond acceptors (Lipinski definition) is 7. The van der Waals surface area contributed by atoms with Crippen LogP contribution in [0, 0.1) is 24.2 Å². The van der Waals surface area contributed by atoms with E-state index in [1.807, 2.05) is 38.3 Å². The summed E-state index contributed by atoms with van der Waals surface area (Å²) in [6, 6.07) is 0. The number of nitrogens with zero attached hydrogens (tertiary/aromatic N) is 1. The molecule has 0 spiro atoms. The second-order valence-corrected chi connectivity index (χ2v) is 10.9. The van der Waals surface area contributed by atoms with E-state index >= 15 is 0 Å². The summed E-state index contributed by atoms with van der Waals surface area (Å²) in [5, 5.41) is 24.4. The predicted molar refractivity (Wildman–Crippen MR) is 132 cm³/mol. The van der Waals surface area contributed by atoms with E-state index in [0.29, 0.717) is 6.42 Å². The summed E-state index contributed by atoms with van der Waals surface area (Å²) < 4.78 is 5.75. The summed E-state index contributed by atoms with van der Waals surface area (Å²) in [5.74, 6) is -1.48. The van der Waals surface area contributed by atoms with Crippen LogP contribution < -0.4 is 0 Å². The van der Waals surface area contributed by atoms with Gasteiger partial charge in [-0.05, 0) is 50.7 Å². The Morgan fingerprint density at radius 1 is 1.24 bits per heavy atom. The Kier molecular flexibility index (Phi) is 10.0. The summed E-state index contributed by atoms with van der Waals surface area (Å²) in [6.07, 6.45) is 6.28. The number of aryl methyl sites for hydroxylation is 1. The Morgan fingerprint density at radius 2 is 1.94 bits per heavy atom. The number of Topliss-reactive ketones (excluding diaryl/α,β-unsaturated/α-hetero) is 1. The van der Waals surface area contributed by atoms with Gasteiger partial charge in [0, 0.05) is 17.7 Å². The third kappa shape index (κ3) is 7.59. The number of carbonyl (C=O) groups is 2. The second kappa shape index (κ2) is 12.0. The van der Waals surface area contributed by atoms with Crippen molar-refractivity contribution in [3.8, 4) is 0 Å². The van der Waals surface area contributed by atoms with Gasteiger partial charge in [0.15, 0.2) is 0 Å². The van der Waals surface area contributed by atoms with Crippen LogP contribution in [0.1, 0.15) is 77.4 Å². The lowest BCUT2D eigenvalue weighted by molar-refractivity contribution is -0.154. The van der Waals surface area contributed by atoms with E-state index in [-0.39, 0.29) is 18.1 Å². The summed E-state index contributed by atoms with van der Waals surface area (Å²) in [7, 11) is 0. The fraction of sp³-hybridized carbons (Fsp3) is 0.654. The van der Waals surface area contributed by atoms with Crippen molar-refractivity contribution in [1.29, 1.82) is 0 Å². The fourth-order valence-electron chi connectivity index (χ4n) is 4.18. The fourth-order valence-corrected chi connectivity index (χ4v) is 4.75. The van der Waals surface area contributed by atoms with Gasteiger partial charge in [-0.2, -0.15) is 0 Å². The van der Waals surface area contributed by atoms with Crippen molar-refractivity contribution >= 4 is 29.2 Å². The van der Waals surface area contributed by atoms with E-state index in [1.54, 1.807) is 32.1 Å². The minimum atomic E-state index is -1.21. The Morgan fingerprint density at radius 3 is 2.58 bits per heavy atom. The first-order chi connectivity index (χ1) is 15.4. The van der Waals surface area contributed by atoms with E-state index in [2.05, 4.69) is 11.1 Å². The maximum Gasteiger partial charge on any atom is 0.309 e. The lowest BCUT2D eigenvalue weighted by atomic mass is 9.73. The van der Waals surface area contributed by atoms with E-state index in [0.717, 1.165) is 35.5 Å². The van der Waals surface area contributed by atoms with Crippen molar-refractivity contribution in [2.45, 2.75) is 92.0 Å². The number of aliphatic hydroxyl groups excluding tert-OH is 2. The molecule has 1 unspecified atom stereocenters. The molecule has 0 radical (unpaired) electrons. The SMILES string of the molecule is C/C(=C\c1csc(C)n1)C1C/C=C\CCC[C@H](C)[C@H](O)[C@@H](C)C(=O)C(C)(C)[C@H](O)CC(=O)O1. The number of allylic oxidation sites excluding steroid dienone is 1. The third-order valence-electron chi connectivity index (χ3n) is 6.68. The van der Waals surface area contributed by atoms with E-state index < -0.39 is 35.6 Å². The molecule has 0 aromatic carbocycles. The molecule has 0 bridgehead atoms. The molecular weight excluding hydrogens is 438 g/mol. The highest BCUT2D eigenvalue weighted by Crippen LogP contribution is 2.32. The number of hydrogen-bond donors (Lipinski definition) is 2. The summed E-state index contributed by atoms with van der Waals surface area (Å²) in [6.45, 7) is 10.8. The predicted octanol–water partition coefficient (Wildman–Crippen LogP) is 4.88. The highest BCUT2D eigenvalue weighted by atomic mass is 32.1. The van der Waals surface area contributed by atoms with Crippen molar-refractivity contribution in [3.05, 3.63) is 33.8 Å². The number of thiazole rings is 1. The van der Waals surface area contributed by atoms with E-state index in [4.69, 9.17) is 4.74 Å². The first kappa shape index (κ1) is 27.4. The molecule has 0 saturated heterocycles. The van der Waals surface area contributed by atoms with Gasteiger partial charge < -0.3 is 14.9 Å². The largest absolute Gasteiger partial charge is 0.457 e. The molecular formula is C26H39NO5S. The third-order valence-corrected chi connectivity index (χ3v) is 7.47. The topological polar surface area (TPSA) is 96.7 Å². The minimum absolute atomic E-state index is 0.0392. The number of aromatic nitrogens is 1. The van der Waals surface area contributed by atoms with Gasteiger partial charge >= 0.3 is 5.97 Å².